The maximum atomic E-state index is 8.94. The molecule has 0 aliphatic heterocycles. The van der Waals surface area contributed by atoms with Crippen LogP contribution in [0, 0.1) is 11.3 Å². The standard InChI is InChI=1S/C13H12N4/c14-6-12-8-16-13-5-4-10(9-17(12)13)7-15-11-2-1-3-11/h4-5,7-9,11H,1-3H2. The Balaban J connectivity index is 1.94. The van der Waals surface area contributed by atoms with E-state index in [1.54, 1.807) is 10.6 Å². The molecule has 1 aliphatic rings. The van der Waals surface area contributed by atoms with Gasteiger partial charge in [-0.25, -0.2) is 4.98 Å². The fourth-order valence-electron chi connectivity index (χ4n) is 1.88. The molecule has 0 radical (unpaired) electrons. The molecule has 2 heterocycles. The molecule has 2 aromatic heterocycles. The van der Waals surface area contributed by atoms with Gasteiger partial charge in [-0.15, -0.1) is 0 Å². The van der Waals surface area contributed by atoms with Crippen LogP contribution in [-0.2, 0) is 0 Å². The molecule has 17 heavy (non-hydrogen) atoms. The number of pyridine rings is 1. The van der Waals surface area contributed by atoms with E-state index in [2.05, 4.69) is 16.0 Å². The van der Waals surface area contributed by atoms with Gasteiger partial charge in [-0.05, 0) is 31.4 Å². The molecule has 4 heteroatoms. The molecule has 0 aromatic carbocycles. The van der Waals surface area contributed by atoms with Gasteiger partial charge in [0, 0.05) is 24.0 Å². The summed E-state index contributed by atoms with van der Waals surface area (Å²) < 4.78 is 1.79. The summed E-state index contributed by atoms with van der Waals surface area (Å²) >= 11 is 0. The van der Waals surface area contributed by atoms with Gasteiger partial charge in [0.2, 0.25) is 0 Å². The van der Waals surface area contributed by atoms with E-state index in [0.717, 1.165) is 11.2 Å². The van der Waals surface area contributed by atoms with E-state index >= 15 is 0 Å². The number of nitrogens with zero attached hydrogens (tertiary/aromatic N) is 4. The van der Waals surface area contributed by atoms with E-state index in [1.807, 2.05) is 24.5 Å². The molecule has 4 nitrogen and oxygen atoms in total. The van der Waals surface area contributed by atoms with E-state index in [1.165, 1.54) is 19.3 Å². The van der Waals surface area contributed by atoms with Gasteiger partial charge in [0.25, 0.3) is 0 Å². The Morgan fingerprint density at radius 2 is 2.35 bits per heavy atom. The summed E-state index contributed by atoms with van der Waals surface area (Å²) in [6, 6.07) is 6.51. The van der Waals surface area contributed by atoms with Crippen molar-refractivity contribution in [3.63, 3.8) is 0 Å². The van der Waals surface area contributed by atoms with Crippen LogP contribution >= 0.6 is 0 Å². The van der Waals surface area contributed by atoms with Crippen LogP contribution in [0.4, 0.5) is 0 Å². The zero-order chi connectivity index (χ0) is 11.7. The molecule has 2 aromatic rings. The largest absolute Gasteiger partial charge is 0.291 e. The third-order valence-corrected chi connectivity index (χ3v) is 3.15. The Morgan fingerprint density at radius 1 is 1.47 bits per heavy atom. The number of aliphatic imine (C=N–C) groups is 1. The first kappa shape index (κ1) is 10.0. The fraction of sp³-hybridized carbons (Fsp3) is 0.308. The summed E-state index contributed by atoms with van der Waals surface area (Å²) in [7, 11) is 0. The first-order valence-electron chi connectivity index (χ1n) is 5.77. The predicted molar refractivity (Wildman–Crippen MR) is 65.1 cm³/mol. The highest BCUT2D eigenvalue weighted by Crippen LogP contribution is 2.21. The van der Waals surface area contributed by atoms with E-state index in [9.17, 15) is 0 Å². The maximum Gasteiger partial charge on any atom is 0.144 e. The second-order valence-electron chi connectivity index (χ2n) is 4.31. The summed E-state index contributed by atoms with van der Waals surface area (Å²) in [5.41, 5.74) is 2.36. The Bertz CT molecular complexity index is 614. The topological polar surface area (TPSA) is 53.5 Å². The third-order valence-electron chi connectivity index (χ3n) is 3.15. The van der Waals surface area contributed by atoms with E-state index in [0.29, 0.717) is 11.7 Å². The van der Waals surface area contributed by atoms with Crippen LogP contribution in [0.5, 0.6) is 0 Å². The molecule has 0 spiro atoms. The van der Waals surface area contributed by atoms with Gasteiger partial charge in [0.05, 0.1) is 6.20 Å². The molecule has 0 saturated heterocycles. The number of fused-ring (bicyclic) bond motifs is 1. The van der Waals surface area contributed by atoms with Gasteiger partial charge >= 0.3 is 0 Å². The Hall–Kier alpha value is -2.15. The predicted octanol–water partition coefficient (Wildman–Crippen LogP) is 2.18. The minimum Gasteiger partial charge on any atom is -0.291 e. The lowest BCUT2D eigenvalue weighted by Gasteiger charge is -2.20. The number of aromatic nitrogens is 2. The second-order valence-corrected chi connectivity index (χ2v) is 4.31. The molecule has 1 aliphatic carbocycles. The SMILES string of the molecule is N#Cc1cnc2ccc(C=NC3CCC3)cn12. The molecule has 0 unspecified atom stereocenters. The fourth-order valence-corrected chi connectivity index (χ4v) is 1.88. The second kappa shape index (κ2) is 4.02. The molecule has 0 bridgehead atoms. The molecule has 0 N–H and O–H groups in total. The average molecular weight is 224 g/mol. The molecule has 0 atom stereocenters. The van der Waals surface area contributed by atoms with E-state index in [-0.39, 0.29) is 0 Å². The molecule has 1 saturated carbocycles. The van der Waals surface area contributed by atoms with Gasteiger partial charge in [-0.2, -0.15) is 5.26 Å². The van der Waals surface area contributed by atoms with Gasteiger partial charge in [-0.3, -0.25) is 9.39 Å². The zero-order valence-corrected chi connectivity index (χ0v) is 9.37. The number of hydrogen-bond acceptors (Lipinski definition) is 3. The first-order chi connectivity index (χ1) is 8.36. The van der Waals surface area contributed by atoms with Crippen LogP contribution in [0.3, 0.4) is 0 Å². The van der Waals surface area contributed by atoms with Crippen molar-refractivity contribution in [1.29, 1.82) is 5.26 Å². The highest BCUT2D eigenvalue weighted by atomic mass is 15.0. The van der Waals surface area contributed by atoms with Crippen LogP contribution in [0.1, 0.15) is 30.5 Å². The summed E-state index contributed by atoms with van der Waals surface area (Å²) in [5.74, 6) is 0. The van der Waals surface area contributed by atoms with E-state index < -0.39 is 0 Å². The molecule has 3 rings (SSSR count). The highest BCUT2D eigenvalue weighted by molar-refractivity contribution is 5.80. The van der Waals surface area contributed by atoms with Crippen molar-refractivity contribution < 1.29 is 0 Å². The monoisotopic (exact) mass is 224 g/mol. The summed E-state index contributed by atoms with van der Waals surface area (Å²) in [5, 5.41) is 8.94. The number of hydrogen-bond donors (Lipinski definition) is 0. The van der Waals surface area contributed by atoms with Crippen molar-refractivity contribution >= 4 is 11.9 Å². The molecule has 1 fully saturated rings. The quantitative estimate of drug-likeness (QED) is 0.734. The van der Waals surface area contributed by atoms with Gasteiger partial charge in [-0.1, -0.05) is 0 Å². The summed E-state index contributed by atoms with van der Waals surface area (Å²) in [4.78, 5) is 8.65. The van der Waals surface area contributed by atoms with Crippen molar-refractivity contribution in [2.24, 2.45) is 4.99 Å². The van der Waals surface area contributed by atoms with Crippen molar-refractivity contribution in [3.05, 3.63) is 35.8 Å². The van der Waals surface area contributed by atoms with Crippen LogP contribution in [0.25, 0.3) is 5.65 Å². The van der Waals surface area contributed by atoms with Crippen LogP contribution in [-0.4, -0.2) is 21.6 Å². The van der Waals surface area contributed by atoms with Gasteiger partial charge in [0.15, 0.2) is 0 Å². The minimum atomic E-state index is 0.504. The third kappa shape index (κ3) is 1.80. The van der Waals surface area contributed by atoms with Crippen LogP contribution in [0.2, 0.25) is 0 Å². The lowest BCUT2D eigenvalue weighted by atomic mass is 9.94. The number of imidazole rings is 1. The number of rotatable bonds is 2. The highest BCUT2D eigenvalue weighted by Gasteiger charge is 2.14. The maximum absolute atomic E-state index is 8.94. The van der Waals surface area contributed by atoms with E-state index in [4.69, 9.17) is 5.26 Å². The lowest BCUT2D eigenvalue weighted by Crippen LogP contribution is -2.14. The summed E-state index contributed by atoms with van der Waals surface area (Å²) in [6.45, 7) is 0. The Kier molecular flexibility index (Phi) is 2.37. The van der Waals surface area contributed by atoms with Crippen LogP contribution < -0.4 is 0 Å². The lowest BCUT2D eigenvalue weighted by molar-refractivity contribution is 0.421. The molecular formula is C13H12N4. The Labute approximate surface area is 99.2 Å². The van der Waals surface area contributed by atoms with Crippen molar-refractivity contribution in [2.45, 2.75) is 25.3 Å². The number of nitriles is 1. The van der Waals surface area contributed by atoms with Crippen molar-refractivity contribution in [3.8, 4) is 6.07 Å². The molecule has 84 valence electrons. The minimum absolute atomic E-state index is 0.504. The smallest absolute Gasteiger partial charge is 0.144 e. The summed E-state index contributed by atoms with van der Waals surface area (Å²) in [6.07, 6.45) is 9.08. The average Bonchev–Trinajstić information content (AvgIpc) is 2.69. The van der Waals surface area contributed by atoms with Gasteiger partial charge < -0.3 is 0 Å². The van der Waals surface area contributed by atoms with Crippen molar-refractivity contribution in [1.82, 2.24) is 9.38 Å². The van der Waals surface area contributed by atoms with Crippen LogP contribution in [0.15, 0.2) is 29.5 Å². The molecule has 0 amide bonds. The molecular weight excluding hydrogens is 212 g/mol. The normalized spacial score (nSPS) is 16.2. The van der Waals surface area contributed by atoms with Crippen molar-refractivity contribution in [2.75, 3.05) is 0 Å². The zero-order valence-electron chi connectivity index (χ0n) is 9.37. The van der Waals surface area contributed by atoms with Gasteiger partial charge in [0.1, 0.15) is 17.4 Å². The first-order valence-corrected chi connectivity index (χ1v) is 5.77. The Morgan fingerprint density at radius 3 is 3.06 bits per heavy atom.